The van der Waals surface area contributed by atoms with E-state index in [0.29, 0.717) is 12.8 Å². The SMILES string of the molecule is Cn1ccnc1CCCS(=O)(=O)O. The normalized spacial score (nSPS) is 11.8. The Morgan fingerprint density at radius 3 is 2.77 bits per heavy atom. The van der Waals surface area contributed by atoms with E-state index in [-0.39, 0.29) is 5.75 Å². The van der Waals surface area contributed by atoms with Crippen LogP contribution in [-0.2, 0) is 23.6 Å². The number of aromatic nitrogens is 2. The Morgan fingerprint density at radius 1 is 1.62 bits per heavy atom. The zero-order chi connectivity index (χ0) is 9.90. The Balaban J connectivity index is 2.41. The van der Waals surface area contributed by atoms with E-state index in [1.165, 1.54) is 0 Å². The van der Waals surface area contributed by atoms with Crippen LogP contribution in [0.4, 0.5) is 0 Å². The first-order chi connectivity index (χ1) is 5.99. The van der Waals surface area contributed by atoms with Gasteiger partial charge in [0.25, 0.3) is 10.1 Å². The minimum Gasteiger partial charge on any atom is -0.338 e. The maximum atomic E-state index is 10.4. The van der Waals surface area contributed by atoms with Crippen LogP contribution in [0.15, 0.2) is 12.4 Å². The molecular formula is C7H12N2O3S. The van der Waals surface area contributed by atoms with Crippen molar-refractivity contribution in [2.45, 2.75) is 12.8 Å². The van der Waals surface area contributed by atoms with Gasteiger partial charge in [-0.1, -0.05) is 0 Å². The fourth-order valence-electron chi connectivity index (χ4n) is 1.05. The van der Waals surface area contributed by atoms with Crippen LogP contribution in [0.25, 0.3) is 0 Å². The molecule has 0 saturated heterocycles. The molecule has 0 unspecified atom stereocenters. The molecule has 1 N–H and O–H groups in total. The summed E-state index contributed by atoms with van der Waals surface area (Å²) in [6.45, 7) is 0. The average Bonchev–Trinajstić information content (AvgIpc) is 2.34. The highest BCUT2D eigenvalue weighted by molar-refractivity contribution is 7.85. The maximum absolute atomic E-state index is 10.4. The molecule has 0 aliphatic carbocycles. The van der Waals surface area contributed by atoms with Gasteiger partial charge < -0.3 is 4.57 Å². The molecule has 1 heterocycles. The van der Waals surface area contributed by atoms with Gasteiger partial charge in [-0.3, -0.25) is 4.55 Å². The van der Waals surface area contributed by atoms with E-state index in [1.54, 1.807) is 12.4 Å². The molecule has 0 atom stereocenters. The van der Waals surface area contributed by atoms with Crippen LogP contribution in [0.1, 0.15) is 12.2 Å². The summed E-state index contributed by atoms with van der Waals surface area (Å²) in [6.07, 6.45) is 4.40. The Hall–Kier alpha value is -0.880. The molecule has 5 nitrogen and oxygen atoms in total. The van der Waals surface area contributed by atoms with Crippen LogP contribution < -0.4 is 0 Å². The van der Waals surface area contributed by atoms with E-state index in [4.69, 9.17) is 4.55 Å². The molecule has 6 heteroatoms. The van der Waals surface area contributed by atoms with Gasteiger partial charge in [0.2, 0.25) is 0 Å². The molecule has 13 heavy (non-hydrogen) atoms. The van der Waals surface area contributed by atoms with Crippen LogP contribution in [0.3, 0.4) is 0 Å². The van der Waals surface area contributed by atoms with Gasteiger partial charge in [-0.2, -0.15) is 8.42 Å². The van der Waals surface area contributed by atoms with E-state index >= 15 is 0 Å². The summed E-state index contributed by atoms with van der Waals surface area (Å²) in [7, 11) is -1.98. The van der Waals surface area contributed by atoms with E-state index in [9.17, 15) is 8.42 Å². The third-order valence-electron chi connectivity index (χ3n) is 1.72. The fourth-order valence-corrected chi connectivity index (χ4v) is 1.56. The molecule has 0 saturated carbocycles. The molecular weight excluding hydrogens is 192 g/mol. The van der Waals surface area contributed by atoms with Crippen LogP contribution in [0.5, 0.6) is 0 Å². The summed E-state index contributed by atoms with van der Waals surface area (Å²) < 4.78 is 31.0. The minimum absolute atomic E-state index is 0.208. The monoisotopic (exact) mass is 204 g/mol. The van der Waals surface area contributed by atoms with Gasteiger partial charge >= 0.3 is 0 Å². The summed E-state index contributed by atoms with van der Waals surface area (Å²) >= 11 is 0. The lowest BCUT2D eigenvalue weighted by Crippen LogP contribution is -2.06. The highest BCUT2D eigenvalue weighted by Crippen LogP contribution is 2.00. The first kappa shape index (κ1) is 10.2. The standard InChI is InChI=1S/C7H12N2O3S/c1-9-5-4-8-7(9)3-2-6-13(10,11)12/h4-5H,2-3,6H2,1H3,(H,10,11,12). The highest BCUT2D eigenvalue weighted by Gasteiger charge is 2.05. The molecule has 1 rings (SSSR count). The summed E-state index contributed by atoms with van der Waals surface area (Å²) in [5.74, 6) is 0.614. The lowest BCUT2D eigenvalue weighted by Gasteiger charge is -1.99. The van der Waals surface area contributed by atoms with Crippen molar-refractivity contribution in [1.29, 1.82) is 0 Å². The van der Waals surface area contributed by atoms with E-state index in [0.717, 1.165) is 5.82 Å². The summed E-state index contributed by atoms with van der Waals surface area (Å²) in [4.78, 5) is 4.02. The predicted octanol–water partition coefficient (Wildman–Crippen LogP) is 0.241. The summed E-state index contributed by atoms with van der Waals surface area (Å²) in [5, 5.41) is 0. The molecule has 0 radical (unpaired) electrons. The zero-order valence-electron chi connectivity index (χ0n) is 7.34. The lowest BCUT2D eigenvalue weighted by atomic mass is 10.3. The molecule has 0 bridgehead atoms. The Labute approximate surface area is 77.2 Å². The van der Waals surface area contributed by atoms with Crippen molar-refractivity contribution in [3.8, 4) is 0 Å². The van der Waals surface area contributed by atoms with Crippen molar-refractivity contribution in [3.63, 3.8) is 0 Å². The number of imidazole rings is 1. The van der Waals surface area contributed by atoms with Crippen LogP contribution in [0.2, 0.25) is 0 Å². The number of aryl methyl sites for hydroxylation is 2. The summed E-state index contributed by atoms with van der Waals surface area (Å²) in [5.41, 5.74) is 0. The van der Waals surface area contributed by atoms with E-state index < -0.39 is 10.1 Å². The first-order valence-corrected chi connectivity index (χ1v) is 5.51. The molecule has 0 aliphatic heterocycles. The van der Waals surface area contributed by atoms with Crippen molar-refractivity contribution in [2.24, 2.45) is 7.05 Å². The molecule has 1 aromatic rings. The quantitative estimate of drug-likeness (QED) is 0.713. The van der Waals surface area contributed by atoms with Gasteiger partial charge in [0.15, 0.2) is 0 Å². The van der Waals surface area contributed by atoms with Crippen LogP contribution in [0, 0.1) is 0 Å². The van der Waals surface area contributed by atoms with Gasteiger partial charge in [0.1, 0.15) is 5.82 Å². The Bertz CT molecular complexity index is 369. The molecule has 0 fully saturated rings. The first-order valence-electron chi connectivity index (χ1n) is 3.90. The molecule has 0 spiro atoms. The molecule has 0 aromatic carbocycles. The second-order valence-electron chi connectivity index (χ2n) is 2.84. The number of nitrogens with zero attached hydrogens (tertiary/aromatic N) is 2. The van der Waals surface area contributed by atoms with Crippen molar-refractivity contribution in [2.75, 3.05) is 5.75 Å². The smallest absolute Gasteiger partial charge is 0.264 e. The van der Waals surface area contributed by atoms with Crippen LogP contribution >= 0.6 is 0 Å². The average molecular weight is 204 g/mol. The van der Waals surface area contributed by atoms with Crippen LogP contribution in [-0.4, -0.2) is 28.3 Å². The Kier molecular flexibility index (Phi) is 3.05. The minimum atomic E-state index is -3.83. The largest absolute Gasteiger partial charge is 0.338 e. The van der Waals surface area contributed by atoms with E-state index in [1.807, 2.05) is 11.6 Å². The third-order valence-corrected chi connectivity index (χ3v) is 2.53. The Morgan fingerprint density at radius 2 is 2.31 bits per heavy atom. The van der Waals surface area contributed by atoms with Gasteiger partial charge in [-0.25, -0.2) is 4.98 Å². The second-order valence-corrected chi connectivity index (χ2v) is 4.42. The molecule has 0 aliphatic rings. The van der Waals surface area contributed by atoms with Gasteiger partial charge in [0, 0.05) is 25.9 Å². The van der Waals surface area contributed by atoms with Crippen molar-refractivity contribution < 1.29 is 13.0 Å². The molecule has 1 aromatic heterocycles. The fraction of sp³-hybridized carbons (Fsp3) is 0.571. The van der Waals surface area contributed by atoms with Gasteiger partial charge in [0.05, 0.1) is 5.75 Å². The van der Waals surface area contributed by atoms with Crippen molar-refractivity contribution >= 4 is 10.1 Å². The number of hydrogen-bond acceptors (Lipinski definition) is 3. The maximum Gasteiger partial charge on any atom is 0.264 e. The van der Waals surface area contributed by atoms with Crippen molar-refractivity contribution in [3.05, 3.63) is 18.2 Å². The number of rotatable bonds is 4. The second kappa shape index (κ2) is 3.89. The lowest BCUT2D eigenvalue weighted by molar-refractivity contribution is 0.480. The van der Waals surface area contributed by atoms with E-state index in [2.05, 4.69) is 4.98 Å². The zero-order valence-corrected chi connectivity index (χ0v) is 8.16. The van der Waals surface area contributed by atoms with Crippen molar-refractivity contribution in [1.82, 2.24) is 9.55 Å². The van der Waals surface area contributed by atoms with Gasteiger partial charge in [-0.05, 0) is 6.42 Å². The highest BCUT2D eigenvalue weighted by atomic mass is 32.2. The predicted molar refractivity (Wildman–Crippen MR) is 47.9 cm³/mol. The topological polar surface area (TPSA) is 72.2 Å². The molecule has 74 valence electrons. The number of hydrogen-bond donors (Lipinski definition) is 1. The summed E-state index contributed by atoms with van der Waals surface area (Å²) in [6, 6.07) is 0. The molecule has 0 amide bonds. The van der Waals surface area contributed by atoms with Gasteiger partial charge in [-0.15, -0.1) is 0 Å². The third kappa shape index (κ3) is 3.56.